The van der Waals surface area contributed by atoms with Crippen molar-refractivity contribution in [2.75, 3.05) is 24.8 Å². The average Bonchev–Trinajstić information content (AvgIpc) is 3.12. The lowest BCUT2D eigenvalue weighted by Crippen LogP contribution is -2.23. The second-order valence-electron chi connectivity index (χ2n) is 6.37. The molecule has 2 fully saturated rings. The lowest BCUT2D eigenvalue weighted by molar-refractivity contribution is 0.201. The van der Waals surface area contributed by atoms with Gasteiger partial charge < -0.3 is 9.64 Å². The molecule has 1 unspecified atom stereocenters. The molecular weight excluding hydrogens is 234 g/mol. The van der Waals surface area contributed by atoms with Crippen molar-refractivity contribution in [3.8, 4) is 0 Å². The maximum absolute atomic E-state index is 5.58. The van der Waals surface area contributed by atoms with Gasteiger partial charge in [0.2, 0.25) is 0 Å². The van der Waals surface area contributed by atoms with Gasteiger partial charge in [0.05, 0.1) is 6.61 Å². The molecule has 0 aromatic heterocycles. The number of para-hydroxylation sites is 1. The summed E-state index contributed by atoms with van der Waals surface area (Å²) in [6, 6.07) is 6.87. The standard InChI is InChI=1S/C17H25NO/c1-12(2)15-5-4-6-16(13(3)14-7-8-14)17(15)18-9-10-19-11-18/h4-6,12-14H,7-11H2,1-3H3. The predicted molar refractivity (Wildman–Crippen MR) is 79.8 cm³/mol. The van der Waals surface area contributed by atoms with Crippen LogP contribution in [0.2, 0.25) is 0 Å². The van der Waals surface area contributed by atoms with Gasteiger partial charge in [0.1, 0.15) is 6.73 Å². The molecule has 1 atom stereocenters. The first-order valence-electron chi connectivity index (χ1n) is 7.64. The fraction of sp³-hybridized carbons (Fsp3) is 0.647. The van der Waals surface area contributed by atoms with Gasteiger partial charge in [-0.05, 0) is 41.7 Å². The Hall–Kier alpha value is -1.02. The van der Waals surface area contributed by atoms with Gasteiger partial charge in [-0.15, -0.1) is 0 Å². The fourth-order valence-corrected chi connectivity index (χ4v) is 3.22. The van der Waals surface area contributed by atoms with Crippen LogP contribution in [0.5, 0.6) is 0 Å². The van der Waals surface area contributed by atoms with E-state index in [1.807, 2.05) is 0 Å². The largest absolute Gasteiger partial charge is 0.359 e. The first-order chi connectivity index (χ1) is 9.18. The molecule has 19 heavy (non-hydrogen) atoms. The molecule has 2 aliphatic rings. The first-order valence-corrected chi connectivity index (χ1v) is 7.64. The lowest BCUT2D eigenvalue weighted by atomic mass is 9.89. The van der Waals surface area contributed by atoms with Crippen molar-refractivity contribution in [1.82, 2.24) is 0 Å². The summed E-state index contributed by atoms with van der Waals surface area (Å²) in [5.41, 5.74) is 4.49. The van der Waals surface area contributed by atoms with Crippen LogP contribution in [0.1, 0.15) is 56.6 Å². The summed E-state index contributed by atoms with van der Waals surface area (Å²) in [4.78, 5) is 2.43. The van der Waals surface area contributed by atoms with Crippen molar-refractivity contribution in [1.29, 1.82) is 0 Å². The first kappa shape index (κ1) is 13.0. The molecule has 1 aromatic carbocycles. The van der Waals surface area contributed by atoms with E-state index in [9.17, 15) is 0 Å². The molecule has 0 radical (unpaired) electrons. The highest BCUT2D eigenvalue weighted by Gasteiger charge is 2.32. The molecule has 1 aromatic rings. The minimum absolute atomic E-state index is 0.571. The predicted octanol–water partition coefficient (Wildman–Crippen LogP) is 4.12. The molecular formula is C17H25NO. The highest BCUT2D eigenvalue weighted by molar-refractivity contribution is 5.62. The van der Waals surface area contributed by atoms with E-state index in [0.717, 1.165) is 25.8 Å². The number of hydrogen-bond acceptors (Lipinski definition) is 2. The van der Waals surface area contributed by atoms with Crippen molar-refractivity contribution < 1.29 is 4.74 Å². The van der Waals surface area contributed by atoms with Crippen LogP contribution in [0.15, 0.2) is 18.2 Å². The monoisotopic (exact) mass is 259 g/mol. The zero-order chi connectivity index (χ0) is 13.4. The number of benzene rings is 1. The number of ether oxygens (including phenoxy) is 1. The van der Waals surface area contributed by atoms with Crippen LogP contribution in [-0.2, 0) is 4.74 Å². The highest BCUT2D eigenvalue weighted by Crippen LogP contribution is 2.46. The molecule has 0 spiro atoms. The molecule has 1 aliphatic carbocycles. The third kappa shape index (κ3) is 2.51. The molecule has 3 rings (SSSR count). The van der Waals surface area contributed by atoms with Crippen molar-refractivity contribution in [3.05, 3.63) is 29.3 Å². The average molecular weight is 259 g/mol. The van der Waals surface area contributed by atoms with E-state index in [0.29, 0.717) is 11.8 Å². The van der Waals surface area contributed by atoms with Gasteiger partial charge in [0.25, 0.3) is 0 Å². The van der Waals surface area contributed by atoms with Crippen LogP contribution >= 0.6 is 0 Å². The summed E-state index contributed by atoms with van der Waals surface area (Å²) >= 11 is 0. The zero-order valence-corrected chi connectivity index (χ0v) is 12.4. The SMILES string of the molecule is CC(C)c1cccc(C(C)C2CC2)c1N1CCOC1. The fourth-order valence-electron chi connectivity index (χ4n) is 3.22. The van der Waals surface area contributed by atoms with Gasteiger partial charge in [0, 0.05) is 12.2 Å². The van der Waals surface area contributed by atoms with E-state index in [-0.39, 0.29) is 0 Å². The van der Waals surface area contributed by atoms with Crippen LogP contribution in [0.3, 0.4) is 0 Å². The summed E-state index contributed by atoms with van der Waals surface area (Å²) in [5, 5.41) is 0. The summed E-state index contributed by atoms with van der Waals surface area (Å²) in [6.45, 7) is 9.64. The van der Waals surface area contributed by atoms with E-state index in [1.54, 1.807) is 5.56 Å². The molecule has 104 valence electrons. The van der Waals surface area contributed by atoms with Crippen LogP contribution in [0.25, 0.3) is 0 Å². The van der Waals surface area contributed by atoms with E-state index in [2.05, 4.69) is 43.9 Å². The molecule has 1 saturated carbocycles. The van der Waals surface area contributed by atoms with Gasteiger partial charge in [-0.1, -0.05) is 39.0 Å². The Balaban J connectivity index is 2.03. The number of anilines is 1. The summed E-state index contributed by atoms with van der Waals surface area (Å²) in [6.07, 6.45) is 2.81. The Kier molecular flexibility index (Phi) is 3.53. The molecule has 2 heteroatoms. The van der Waals surface area contributed by atoms with Gasteiger partial charge in [-0.2, -0.15) is 0 Å². The lowest BCUT2D eigenvalue weighted by Gasteiger charge is -2.27. The molecule has 2 nitrogen and oxygen atoms in total. The summed E-state index contributed by atoms with van der Waals surface area (Å²) in [7, 11) is 0. The van der Waals surface area contributed by atoms with Crippen LogP contribution < -0.4 is 4.90 Å². The number of hydrogen-bond donors (Lipinski definition) is 0. The van der Waals surface area contributed by atoms with Crippen LogP contribution in [0, 0.1) is 5.92 Å². The molecule has 0 N–H and O–H groups in total. The Labute approximate surface area is 116 Å². The molecule has 1 aliphatic heterocycles. The van der Waals surface area contributed by atoms with Crippen molar-refractivity contribution in [3.63, 3.8) is 0 Å². The molecule has 0 bridgehead atoms. The summed E-state index contributed by atoms with van der Waals surface area (Å²) in [5.74, 6) is 2.17. The minimum atomic E-state index is 0.571. The van der Waals surface area contributed by atoms with E-state index < -0.39 is 0 Å². The van der Waals surface area contributed by atoms with Gasteiger partial charge in [0.15, 0.2) is 0 Å². The zero-order valence-electron chi connectivity index (χ0n) is 12.4. The molecule has 1 heterocycles. The Morgan fingerprint density at radius 2 is 1.89 bits per heavy atom. The third-order valence-electron chi connectivity index (χ3n) is 4.61. The Bertz CT molecular complexity index is 445. The van der Waals surface area contributed by atoms with Gasteiger partial charge in [-0.3, -0.25) is 0 Å². The topological polar surface area (TPSA) is 12.5 Å². The normalized spacial score (nSPS) is 21.2. The van der Waals surface area contributed by atoms with Gasteiger partial charge >= 0.3 is 0 Å². The van der Waals surface area contributed by atoms with E-state index >= 15 is 0 Å². The molecule has 1 saturated heterocycles. The number of rotatable bonds is 4. The second-order valence-corrected chi connectivity index (χ2v) is 6.37. The highest BCUT2D eigenvalue weighted by atomic mass is 16.5. The van der Waals surface area contributed by atoms with Crippen LogP contribution in [-0.4, -0.2) is 19.9 Å². The maximum Gasteiger partial charge on any atom is 0.119 e. The number of nitrogens with zero attached hydrogens (tertiary/aromatic N) is 1. The van der Waals surface area contributed by atoms with Gasteiger partial charge in [-0.25, -0.2) is 0 Å². The second kappa shape index (κ2) is 5.16. The van der Waals surface area contributed by atoms with Crippen molar-refractivity contribution in [2.24, 2.45) is 5.92 Å². The quantitative estimate of drug-likeness (QED) is 0.806. The Morgan fingerprint density at radius 3 is 2.47 bits per heavy atom. The van der Waals surface area contributed by atoms with Crippen LogP contribution in [0.4, 0.5) is 5.69 Å². The maximum atomic E-state index is 5.58. The van der Waals surface area contributed by atoms with E-state index in [4.69, 9.17) is 4.74 Å². The van der Waals surface area contributed by atoms with E-state index in [1.165, 1.54) is 24.1 Å². The smallest absolute Gasteiger partial charge is 0.119 e. The van der Waals surface area contributed by atoms with Crippen molar-refractivity contribution in [2.45, 2.75) is 45.4 Å². The van der Waals surface area contributed by atoms with Crippen molar-refractivity contribution >= 4 is 5.69 Å². The summed E-state index contributed by atoms with van der Waals surface area (Å²) < 4.78 is 5.58. The molecule has 0 amide bonds. The third-order valence-corrected chi connectivity index (χ3v) is 4.61. The Morgan fingerprint density at radius 1 is 1.16 bits per heavy atom. The minimum Gasteiger partial charge on any atom is -0.359 e.